The van der Waals surface area contributed by atoms with Gasteiger partial charge in [0, 0.05) is 0 Å². The van der Waals surface area contributed by atoms with Gasteiger partial charge in [0.2, 0.25) is 0 Å². The molecule has 0 aliphatic rings. The maximum absolute atomic E-state index is 5.53. The zero-order valence-electron chi connectivity index (χ0n) is 19.6. The molecule has 2 nitrogen and oxygen atoms in total. The average molecular weight is 509 g/mol. The molecule has 0 aromatic heterocycles. The van der Waals surface area contributed by atoms with Crippen molar-refractivity contribution >= 4 is 29.5 Å². The summed E-state index contributed by atoms with van der Waals surface area (Å²) in [5.41, 5.74) is 3.94. The van der Waals surface area contributed by atoms with Gasteiger partial charge >= 0.3 is 191 Å². The van der Waals surface area contributed by atoms with Gasteiger partial charge in [0.05, 0.1) is 0 Å². The van der Waals surface area contributed by atoms with Crippen molar-refractivity contribution in [1.82, 2.24) is 0 Å². The fourth-order valence-corrected chi connectivity index (χ4v) is 9.63. The second-order valence-electron chi connectivity index (χ2n) is 8.05. The maximum atomic E-state index is 5.53. The molecule has 0 fully saturated rings. The van der Waals surface area contributed by atoms with E-state index >= 15 is 0 Å². The predicted molar refractivity (Wildman–Crippen MR) is 134 cm³/mol. The van der Waals surface area contributed by atoms with Crippen molar-refractivity contribution in [3.8, 4) is 23.2 Å². The summed E-state index contributed by atoms with van der Waals surface area (Å²) in [5, 5.41) is 0. The van der Waals surface area contributed by atoms with Crippen LogP contribution < -0.4 is 9.47 Å². The molecule has 0 bridgehead atoms. The van der Waals surface area contributed by atoms with Crippen molar-refractivity contribution < 1.29 is 9.47 Å². The molecule has 0 amide bonds. The fraction of sp³-hybridized carbons (Fsp3) is 0.385. The van der Waals surface area contributed by atoms with Gasteiger partial charge in [-0.15, -0.1) is 0 Å². The summed E-state index contributed by atoms with van der Waals surface area (Å²) in [7, 11) is 3.44. The van der Waals surface area contributed by atoms with E-state index < -0.39 is 25.9 Å². The minimum atomic E-state index is -1.74. The van der Waals surface area contributed by atoms with E-state index in [1.54, 1.807) is 23.3 Å². The SMILES string of the molecule is CC/C(=[C](\c1cccc(OC)c1)[Sn+]([CH3])[CH3])[B-](C#Cc1cccc(OC)c1)(CC)CC. The Hall–Kier alpha value is -1.80. The number of benzene rings is 2. The summed E-state index contributed by atoms with van der Waals surface area (Å²) in [4.78, 5) is 4.96. The molecule has 0 aliphatic heterocycles. The first-order chi connectivity index (χ1) is 14.4. The normalized spacial score (nSPS) is 11.8. The van der Waals surface area contributed by atoms with Crippen LogP contribution in [0.1, 0.15) is 38.3 Å². The number of methoxy groups -OCH3 is 2. The summed E-state index contributed by atoms with van der Waals surface area (Å²) < 4.78 is 12.5. The van der Waals surface area contributed by atoms with Crippen molar-refractivity contribution in [2.75, 3.05) is 14.2 Å². The Morgan fingerprint density at radius 1 is 0.900 bits per heavy atom. The summed E-state index contributed by atoms with van der Waals surface area (Å²) in [6.45, 7) is 6.91. The van der Waals surface area contributed by atoms with Crippen LogP contribution >= 0.6 is 0 Å². The molecule has 0 unspecified atom stereocenters. The van der Waals surface area contributed by atoms with Gasteiger partial charge in [-0.2, -0.15) is 0 Å². The van der Waals surface area contributed by atoms with Crippen LogP contribution in [-0.4, -0.2) is 40.1 Å². The summed E-state index contributed by atoms with van der Waals surface area (Å²) in [6, 6.07) is 16.7. The molecule has 0 radical (unpaired) electrons. The first-order valence-electron chi connectivity index (χ1n) is 11.0. The molecule has 4 heteroatoms. The third-order valence-electron chi connectivity index (χ3n) is 6.18. The Labute approximate surface area is 190 Å². The van der Waals surface area contributed by atoms with Crippen molar-refractivity contribution in [1.29, 1.82) is 0 Å². The molecule has 2 rings (SSSR count). The third kappa shape index (κ3) is 5.67. The zero-order chi connectivity index (χ0) is 22.1. The van der Waals surface area contributed by atoms with E-state index in [1.807, 2.05) is 24.3 Å². The monoisotopic (exact) mass is 510 g/mol. The quantitative estimate of drug-likeness (QED) is 0.289. The Morgan fingerprint density at radius 2 is 1.50 bits per heavy atom. The Balaban J connectivity index is 2.69. The average Bonchev–Trinajstić information content (AvgIpc) is 2.78. The van der Waals surface area contributed by atoms with E-state index in [2.05, 4.69) is 66.7 Å². The van der Waals surface area contributed by atoms with Crippen LogP contribution in [0.2, 0.25) is 22.5 Å². The van der Waals surface area contributed by atoms with Crippen LogP contribution in [-0.2, 0) is 0 Å². The molecule has 158 valence electrons. The van der Waals surface area contributed by atoms with Crippen LogP contribution in [0.4, 0.5) is 0 Å². The number of hydrogen-bond donors (Lipinski definition) is 0. The number of ether oxygens (including phenoxy) is 2. The first kappa shape index (κ1) is 24.5. The summed E-state index contributed by atoms with van der Waals surface area (Å²) >= 11 is -1.74. The van der Waals surface area contributed by atoms with Gasteiger partial charge in [0.25, 0.3) is 0 Å². The second-order valence-corrected chi connectivity index (χ2v) is 15.2. The van der Waals surface area contributed by atoms with Crippen LogP contribution in [0.25, 0.3) is 3.59 Å². The van der Waals surface area contributed by atoms with Crippen molar-refractivity contribution in [3.63, 3.8) is 0 Å². The molecule has 0 spiro atoms. The molecular formula is C26H35BO2Sn. The number of allylic oxidation sites excluding steroid dienone is 1. The topological polar surface area (TPSA) is 18.5 Å². The molecule has 0 N–H and O–H groups in total. The van der Waals surface area contributed by atoms with Crippen molar-refractivity contribution in [2.45, 2.75) is 49.7 Å². The van der Waals surface area contributed by atoms with Crippen LogP contribution in [0.15, 0.2) is 54.0 Å². The Kier molecular flexibility index (Phi) is 9.43. The summed E-state index contributed by atoms with van der Waals surface area (Å²) in [6.07, 6.45) is 2.25. The molecule has 2 aromatic carbocycles. The van der Waals surface area contributed by atoms with Crippen molar-refractivity contribution in [2.24, 2.45) is 0 Å². The molecule has 0 saturated heterocycles. The number of rotatable bonds is 8. The molecule has 0 aliphatic carbocycles. The molecule has 0 atom stereocenters. The molecule has 30 heavy (non-hydrogen) atoms. The second kappa shape index (κ2) is 11.6. The molecule has 0 saturated carbocycles. The molecule has 2 aromatic rings. The predicted octanol–water partition coefficient (Wildman–Crippen LogP) is 6.78. The zero-order valence-corrected chi connectivity index (χ0v) is 22.5. The van der Waals surface area contributed by atoms with E-state index in [-0.39, 0.29) is 0 Å². The molecular weight excluding hydrogens is 474 g/mol. The molecule has 0 heterocycles. The van der Waals surface area contributed by atoms with Crippen molar-refractivity contribution in [3.05, 3.63) is 65.1 Å². The van der Waals surface area contributed by atoms with Gasteiger partial charge in [0.15, 0.2) is 0 Å². The van der Waals surface area contributed by atoms with E-state index in [0.717, 1.165) is 36.1 Å². The third-order valence-corrected chi connectivity index (χ3v) is 10.8. The van der Waals surface area contributed by atoms with Gasteiger partial charge in [-0.1, -0.05) is 0 Å². The van der Waals surface area contributed by atoms with Gasteiger partial charge in [-0.25, -0.2) is 0 Å². The summed E-state index contributed by atoms with van der Waals surface area (Å²) in [5.74, 6) is 9.07. The number of hydrogen-bond acceptors (Lipinski definition) is 2. The van der Waals surface area contributed by atoms with Crippen LogP contribution in [0.5, 0.6) is 11.5 Å². The van der Waals surface area contributed by atoms with E-state index in [0.29, 0.717) is 0 Å². The Bertz CT molecular complexity index is 933. The van der Waals surface area contributed by atoms with Gasteiger partial charge < -0.3 is 0 Å². The van der Waals surface area contributed by atoms with Crippen LogP contribution in [0, 0.1) is 11.7 Å². The van der Waals surface area contributed by atoms with Gasteiger partial charge in [0.1, 0.15) is 0 Å². The van der Waals surface area contributed by atoms with E-state index in [9.17, 15) is 0 Å². The van der Waals surface area contributed by atoms with E-state index in [1.165, 1.54) is 5.56 Å². The minimum absolute atomic E-state index is 0.855. The first-order valence-corrected chi connectivity index (χ1v) is 18.1. The van der Waals surface area contributed by atoms with Gasteiger partial charge in [-0.3, -0.25) is 0 Å². The Morgan fingerprint density at radius 3 is 2.03 bits per heavy atom. The van der Waals surface area contributed by atoms with E-state index in [4.69, 9.17) is 9.47 Å². The van der Waals surface area contributed by atoms with Gasteiger partial charge in [-0.05, 0) is 0 Å². The fourth-order valence-electron chi connectivity index (χ4n) is 4.41. The standard InChI is InChI=1S/C24H29BO2.2CH3.Sn/c1-6-22(17-21-12-10-14-24(19-21)27-5)25(7-2,8-3)16-15-20-11-9-13-23(18-20)26-4;;;/h9-14,18-19H,6-8H2,1-5H3;2*1H3;/q-1;;;+1. The van der Waals surface area contributed by atoms with Crippen LogP contribution in [0.3, 0.4) is 0 Å².